The number of allylic oxidation sites excluding steroid dienone is 14. The van der Waals surface area contributed by atoms with Gasteiger partial charge in [0.05, 0.1) is 27.7 Å². The van der Waals surface area contributed by atoms with Crippen molar-refractivity contribution in [2.45, 2.75) is 148 Å². The van der Waals surface area contributed by atoms with E-state index in [1.54, 1.807) is 0 Å². The summed E-state index contributed by atoms with van der Waals surface area (Å²) in [6.07, 6.45) is 47.8. The van der Waals surface area contributed by atoms with Crippen molar-refractivity contribution >= 4 is 19.8 Å². The van der Waals surface area contributed by atoms with Gasteiger partial charge in [0.25, 0.3) is 0 Å². The number of unbranched alkanes of at least 4 members (excludes halogenated alkanes) is 9. The Morgan fingerprint density at radius 3 is 1.57 bits per heavy atom. The van der Waals surface area contributed by atoms with Crippen LogP contribution >= 0.6 is 7.82 Å². The van der Waals surface area contributed by atoms with Crippen LogP contribution in [-0.2, 0) is 32.7 Å². The Bertz CT molecular complexity index is 1230. The third kappa shape index (κ3) is 40.8. The summed E-state index contributed by atoms with van der Waals surface area (Å²) < 4.78 is 34.2. The van der Waals surface area contributed by atoms with Crippen molar-refractivity contribution in [1.82, 2.24) is 0 Å². The first kappa shape index (κ1) is 53.2. The fourth-order valence-electron chi connectivity index (χ4n) is 5.08. The topological polar surface area (TPSA) is 108 Å². The van der Waals surface area contributed by atoms with Crippen LogP contribution in [0.2, 0.25) is 0 Å². The quantitative estimate of drug-likeness (QED) is 0.0217. The smallest absolute Gasteiger partial charge is 0.462 e. The molecular formula is C46H79NO8P+. The van der Waals surface area contributed by atoms with Crippen LogP contribution in [0.1, 0.15) is 142 Å². The van der Waals surface area contributed by atoms with Crippen LogP contribution in [0.5, 0.6) is 0 Å². The van der Waals surface area contributed by atoms with Crippen molar-refractivity contribution in [3.8, 4) is 0 Å². The summed E-state index contributed by atoms with van der Waals surface area (Å²) >= 11 is 0. The summed E-state index contributed by atoms with van der Waals surface area (Å²) in [5.74, 6) is -0.893. The molecule has 2 unspecified atom stereocenters. The molecule has 0 aliphatic rings. The van der Waals surface area contributed by atoms with Crippen molar-refractivity contribution in [3.05, 3.63) is 85.1 Å². The van der Waals surface area contributed by atoms with Crippen molar-refractivity contribution < 1.29 is 42.1 Å². The fraction of sp³-hybridized carbons (Fsp3) is 0.652. The number of nitrogens with zero attached hydrogens (tertiary/aromatic N) is 1. The number of quaternary nitrogens is 1. The molecule has 10 heteroatoms. The molecule has 1 N–H and O–H groups in total. The maximum atomic E-state index is 12.7. The van der Waals surface area contributed by atoms with Gasteiger partial charge in [-0.3, -0.25) is 18.6 Å². The monoisotopic (exact) mass is 805 g/mol. The average molecular weight is 805 g/mol. The molecule has 0 aliphatic heterocycles. The minimum Gasteiger partial charge on any atom is -0.462 e. The number of hydrogen-bond acceptors (Lipinski definition) is 7. The van der Waals surface area contributed by atoms with Crippen LogP contribution in [-0.4, -0.2) is 74.9 Å². The highest BCUT2D eigenvalue weighted by atomic mass is 31.2. The molecule has 0 aromatic carbocycles. The number of hydrogen-bond donors (Lipinski definition) is 1. The second kappa shape index (κ2) is 37.7. The lowest BCUT2D eigenvalue weighted by atomic mass is 10.1. The molecule has 56 heavy (non-hydrogen) atoms. The van der Waals surface area contributed by atoms with Gasteiger partial charge in [0.1, 0.15) is 19.8 Å². The van der Waals surface area contributed by atoms with Gasteiger partial charge in [-0.2, -0.15) is 0 Å². The van der Waals surface area contributed by atoms with Crippen molar-refractivity contribution in [1.29, 1.82) is 0 Å². The second-order valence-corrected chi connectivity index (χ2v) is 16.4. The molecule has 0 spiro atoms. The first-order valence-corrected chi connectivity index (χ1v) is 22.8. The number of esters is 2. The molecule has 0 aromatic rings. The lowest BCUT2D eigenvalue weighted by Gasteiger charge is -2.24. The Morgan fingerprint density at radius 2 is 1.04 bits per heavy atom. The zero-order chi connectivity index (χ0) is 41.4. The fourth-order valence-corrected chi connectivity index (χ4v) is 5.82. The molecule has 320 valence electrons. The summed E-state index contributed by atoms with van der Waals surface area (Å²) in [4.78, 5) is 35.3. The highest BCUT2D eigenvalue weighted by Crippen LogP contribution is 2.43. The lowest BCUT2D eigenvalue weighted by Crippen LogP contribution is -2.37. The Kier molecular flexibility index (Phi) is 35.9. The zero-order valence-electron chi connectivity index (χ0n) is 35.8. The lowest BCUT2D eigenvalue weighted by molar-refractivity contribution is -0.870. The van der Waals surface area contributed by atoms with Crippen LogP contribution in [0.15, 0.2) is 85.1 Å². The van der Waals surface area contributed by atoms with E-state index < -0.39 is 32.5 Å². The molecule has 0 amide bonds. The van der Waals surface area contributed by atoms with E-state index in [1.807, 2.05) is 27.2 Å². The second-order valence-electron chi connectivity index (χ2n) is 15.0. The molecule has 0 bridgehead atoms. The van der Waals surface area contributed by atoms with E-state index in [-0.39, 0.29) is 26.1 Å². The molecule has 0 heterocycles. The molecule has 0 saturated heterocycles. The van der Waals surface area contributed by atoms with Gasteiger partial charge in [-0.05, 0) is 83.5 Å². The summed E-state index contributed by atoms with van der Waals surface area (Å²) in [6, 6.07) is 0. The SMILES string of the molecule is CC/C=C\C/C=C\C/C=C\C/C=C\C/C=C\CCCC(=O)OC(COC(=O)CCCCCCC/C=C\C/C=C\CCCCC)COP(=O)(O)OCC[N+](C)(C)C. The molecule has 0 saturated carbocycles. The third-order valence-electron chi connectivity index (χ3n) is 8.41. The number of phosphoric ester groups is 1. The maximum absolute atomic E-state index is 12.7. The Hall–Kier alpha value is -2.81. The van der Waals surface area contributed by atoms with Gasteiger partial charge >= 0.3 is 19.8 Å². The highest BCUT2D eigenvalue weighted by Gasteiger charge is 2.27. The van der Waals surface area contributed by atoms with Gasteiger partial charge in [0.2, 0.25) is 0 Å². The minimum absolute atomic E-state index is 0.0140. The van der Waals surface area contributed by atoms with Crippen molar-refractivity contribution in [3.63, 3.8) is 0 Å². The first-order chi connectivity index (χ1) is 27.0. The molecule has 0 fully saturated rings. The predicted molar refractivity (Wildman–Crippen MR) is 233 cm³/mol. The largest absolute Gasteiger partial charge is 0.472 e. The van der Waals surface area contributed by atoms with Gasteiger partial charge in [0, 0.05) is 12.8 Å². The van der Waals surface area contributed by atoms with E-state index in [0.29, 0.717) is 30.3 Å². The molecule has 2 atom stereocenters. The van der Waals surface area contributed by atoms with Crippen LogP contribution < -0.4 is 0 Å². The number of ether oxygens (including phenoxy) is 2. The van der Waals surface area contributed by atoms with E-state index in [4.69, 9.17) is 18.5 Å². The molecule has 0 radical (unpaired) electrons. The molecule has 0 rings (SSSR count). The van der Waals surface area contributed by atoms with Crippen LogP contribution in [0, 0.1) is 0 Å². The maximum Gasteiger partial charge on any atom is 0.472 e. The summed E-state index contributed by atoms with van der Waals surface area (Å²) in [5.41, 5.74) is 0. The first-order valence-electron chi connectivity index (χ1n) is 21.3. The number of phosphoric acid groups is 1. The summed E-state index contributed by atoms with van der Waals surface area (Å²) in [6.45, 7) is 4.17. The van der Waals surface area contributed by atoms with Crippen LogP contribution in [0.25, 0.3) is 0 Å². The number of carbonyl (C=O) groups excluding carboxylic acids is 2. The molecule has 0 aliphatic carbocycles. The van der Waals surface area contributed by atoms with Crippen molar-refractivity contribution in [2.24, 2.45) is 0 Å². The number of carbonyl (C=O) groups is 2. The molecule has 9 nitrogen and oxygen atoms in total. The molecule has 0 aromatic heterocycles. The van der Waals surface area contributed by atoms with Gasteiger partial charge in [-0.1, -0.05) is 131 Å². The zero-order valence-corrected chi connectivity index (χ0v) is 36.7. The van der Waals surface area contributed by atoms with Gasteiger partial charge in [-0.15, -0.1) is 0 Å². The Morgan fingerprint density at radius 1 is 0.571 bits per heavy atom. The van der Waals surface area contributed by atoms with E-state index in [9.17, 15) is 19.0 Å². The van der Waals surface area contributed by atoms with E-state index >= 15 is 0 Å². The van der Waals surface area contributed by atoms with E-state index in [1.165, 1.54) is 25.7 Å². The van der Waals surface area contributed by atoms with Crippen molar-refractivity contribution in [2.75, 3.05) is 47.5 Å². The number of rotatable bonds is 37. The number of likely N-dealkylation sites (N-methyl/N-ethyl adjacent to an activating group) is 1. The van der Waals surface area contributed by atoms with E-state index in [0.717, 1.165) is 70.6 Å². The van der Waals surface area contributed by atoms with Crippen LogP contribution in [0.4, 0.5) is 0 Å². The normalized spacial score (nSPS) is 14.5. The Balaban J connectivity index is 4.53. The van der Waals surface area contributed by atoms with Crippen LogP contribution in [0.3, 0.4) is 0 Å². The average Bonchev–Trinajstić information content (AvgIpc) is 3.15. The standard InChI is InChI=1S/C46H78NO8P/c1-6-8-10-12-14-16-18-20-22-23-25-27-29-31-33-35-37-39-46(49)55-44(43-54-56(50,51)53-41-40-47(3,4)5)42-52-45(48)38-36-34-32-30-28-26-24-21-19-17-15-13-11-9-7-2/h8,10,14-17,20-22,24-25,27,31,33,44H,6-7,9,11-13,18-19,23,26,28-30,32,34-43H2,1-5H3/p+1/b10-8-,16-14-,17-15-,22-20-,24-21-,27-25-,33-31-. The van der Waals surface area contributed by atoms with Gasteiger partial charge in [0.15, 0.2) is 6.10 Å². The Labute approximate surface area is 341 Å². The summed E-state index contributed by atoms with van der Waals surface area (Å²) in [5, 5.41) is 0. The minimum atomic E-state index is -4.40. The van der Waals surface area contributed by atoms with Gasteiger partial charge in [-0.25, -0.2) is 4.57 Å². The highest BCUT2D eigenvalue weighted by molar-refractivity contribution is 7.47. The van der Waals surface area contributed by atoms with Gasteiger partial charge < -0.3 is 18.9 Å². The van der Waals surface area contributed by atoms with E-state index in [2.05, 4.69) is 92.8 Å². The molecular weight excluding hydrogens is 725 g/mol. The third-order valence-corrected chi connectivity index (χ3v) is 9.39. The summed E-state index contributed by atoms with van der Waals surface area (Å²) in [7, 11) is 1.42. The predicted octanol–water partition coefficient (Wildman–Crippen LogP) is 12.0.